The van der Waals surface area contributed by atoms with Crippen LogP contribution >= 0.6 is 0 Å². The maximum atomic E-state index is 2.38. The molecule has 0 saturated carbocycles. The molecule has 95 valence electrons. The van der Waals surface area contributed by atoms with E-state index in [1.54, 1.807) is 39.1 Å². The fraction of sp³-hybridized carbons (Fsp3) is 0.333. The Kier molecular flexibility index (Phi) is 3.10. The monoisotopic (exact) mass is 325 g/mol. The summed E-state index contributed by atoms with van der Waals surface area (Å²) in [5.74, 6) is 0.474. The summed E-state index contributed by atoms with van der Waals surface area (Å²) in [6.07, 6.45) is 4.66. The number of allylic oxidation sites excluding steroid dienone is 5. The van der Waals surface area contributed by atoms with Crippen LogP contribution in [-0.2, 0) is 24.7 Å². The van der Waals surface area contributed by atoms with E-state index in [9.17, 15) is 0 Å². The van der Waals surface area contributed by atoms with E-state index in [2.05, 4.69) is 64.1 Å². The van der Waals surface area contributed by atoms with Crippen LogP contribution in [0.5, 0.6) is 0 Å². The average Bonchev–Trinajstić information content (AvgIpc) is 2.87. The molecule has 0 saturated heterocycles. The molecule has 1 unspecified atom stereocenters. The molecule has 1 atom stereocenters. The first-order valence-corrected chi connectivity index (χ1v) is 8.09. The van der Waals surface area contributed by atoms with Gasteiger partial charge >= 0.3 is 131 Å². The van der Waals surface area contributed by atoms with E-state index >= 15 is 0 Å². The van der Waals surface area contributed by atoms with E-state index in [0.29, 0.717) is 5.92 Å². The summed E-state index contributed by atoms with van der Waals surface area (Å²) in [5.41, 5.74) is 7.77. The van der Waals surface area contributed by atoms with E-state index in [1.165, 1.54) is 16.7 Å². The predicted molar refractivity (Wildman–Crippen MR) is 77.4 cm³/mol. The Bertz CT molecular complexity index is 641. The Morgan fingerprint density at radius 3 is 2.42 bits per heavy atom. The van der Waals surface area contributed by atoms with Gasteiger partial charge in [0.1, 0.15) is 0 Å². The van der Waals surface area contributed by atoms with Crippen LogP contribution in [-0.4, -0.2) is 0 Å². The average molecular weight is 327 g/mol. The number of hydrogen-bond donors (Lipinski definition) is 0. The van der Waals surface area contributed by atoms with Gasteiger partial charge in [-0.3, -0.25) is 0 Å². The van der Waals surface area contributed by atoms with Crippen LogP contribution in [0, 0.1) is 5.41 Å². The van der Waals surface area contributed by atoms with Crippen molar-refractivity contribution >= 4 is 6.08 Å². The van der Waals surface area contributed by atoms with Crippen molar-refractivity contribution in [3.63, 3.8) is 0 Å². The molecule has 0 nitrogen and oxygen atoms in total. The normalized spacial score (nSPS) is 24.3. The molecule has 0 amide bonds. The minimum atomic E-state index is 0.253. The van der Waals surface area contributed by atoms with Crippen molar-refractivity contribution in [2.24, 2.45) is 5.41 Å². The standard InChI is InChI=1S/C18H19.Zr/c1-12-13(2)18(3,4)11-17(12)16-10-9-14-7-5-6-8-15(14)16;/h5-10,16H,1-4H3;. The maximum absolute atomic E-state index is 2.38. The Morgan fingerprint density at radius 2 is 1.79 bits per heavy atom. The minimum absolute atomic E-state index is 0.253. The van der Waals surface area contributed by atoms with E-state index in [0.717, 1.165) is 0 Å². The Balaban J connectivity index is 2.16. The number of hydrogen-bond acceptors (Lipinski definition) is 0. The number of fused-ring (bicyclic) bond motifs is 1. The third kappa shape index (κ3) is 1.82. The van der Waals surface area contributed by atoms with Gasteiger partial charge in [0.25, 0.3) is 0 Å². The van der Waals surface area contributed by atoms with Crippen molar-refractivity contribution in [2.75, 3.05) is 0 Å². The van der Waals surface area contributed by atoms with Gasteiger partial charge in [0.2, 0.25) is 0 Å². The Hall–Kier alpha value is -0.677. The second-order valence-electron chi connectivity index (χ2n) is 6.13. The summed E-state index contributed by atoms with van der Waals surface area (Å²) in [7, 11) is 0. The molecule has 0 spiro atoms. The van der Waals surface area contributed by atoms with E-state index < -0.39 is 0 Å². The van der Waals surface area contributed by atoms with Crippen LogP contribution in [0.1, 0.15) is 44.7 Å². The molecule has 0 fully saturated rings. The SMILES string of the molecule is CC1=C(C)C(C)(C)[C]([Zr])=C1C1C=Cc2ccccc21. The van der Waals surface area contributed by atoms with E-state index in [1.807, 2.05) is 0 Å². The summed E-state index contributed by atoms with van der Waals surface area (Å²) in [6, 6.07) is 8.80. The molecular weight excluding hydrogens is 307 g/mol. The third-order valence-electron chi connectivity index (χ3n) is 4.91. The molecule has 2 aliphatic carbocycles. The summed E-state index contributed by atoms with van der Waals surface area (Å²) < 4.78 is 1.63. The molecule has 0 aromatic heterocycles. The van der Waals surface area contributed by atoms with E-state index in [4.69, 9.17) is 0 Å². The van der Waals surface area contributed by atoms with Crippen molar-refractivity contribution in [1.29, 1.82) is 0 Å². The fourth-order valence-electron chi connectivity index (χ4n) is 3.27. The van der Waals surface area contributed by atoms with Crippen LogP contribution in [0.25, 0.3) is 6.08 Å². The molecule has 0 bridgehead atoms. The zero-order chi connectivity index (χ0) is 13.8. The first kappa shape index (κ1) is 13.3. The molecule has 0 heterocycles. The second kappa shape index (κ2) is 4.42. The van der Waals surface area contributed by atoms with Gasteiger partial charge < -0.3 is 0 Å². The van der Waals surface area contributed by atoms with Gasteiger partial charge in [0, 0.05) is 0 Å². The van der Waals surface area contributed by atoms with Gasteiger partial charge in [-0.1, -0.05) is 0 Å². The second-order valence-corrected chi connectivity index (χ2v) is 7.36. The molecule has 3 rings (SSSR count). The van der Waals surface area contributed by atoms with Crippen LogP contribution in [0.2, 0.25) is 0 Å². The van der Waals surface area contributed by atoms with Gasteiger partial charge in [-0.05, 0) is 0 Å². The van der Waals surface area contributed by atoms with Crippen molar-refractivity contribution < 1.29 is 24.7 Å². The van der Waals surface area contributed by atoms with Gasteiger partial charge in [0.05, 0.1) is 0 Å². The van der Waals surface area contributed by atoms with Gasteiger partial charge in [-0.15, -0.1) is 0 Å². The van der Waals surface area contributed by atoms with Crippen LogP contribution in [0.4, 0.5) is 0 Å². The zero-order valence-corrected chi connectivity index (χ0v) is 14.5. The van der Waals surface area contributed by atoms with Crippen molar-refractivity contribution in [2.45, 2.75) is 33.6 Å². The first-order valence-electron chi connectivity index (χ1n) is 6.86. The van der Waals surface area contributed by atoms with Crippen LogP contribution in [0.3, 0.4) is 0 Å². The van der Waals surface area contributed by atoms with E-state index in [-0.39, 0.29) is 5.41 Å². The third-order valence-corrected chi connectivity index (χ3v) is 7.11. The molecule has 1 aromatic carbocycles. The molecule has 19 heavy (non-hydrogen) atoms. The van der Waals surface area contributed by atoms with Crippen LogP contribution < -0.4 is 0 Å². The molecular formula is C18H19Zr. The summed E-state index contributed by atoms with van der Waals surface area (Å²) in [4.78, 5) is 0. The van der Waals surface area contributed by atoms with Crippen molar-refractivity contribution in [3.8, 4) is 0 Å². The van der Waals surface area contributed by atoms with Gasteiger partial charge in [-0.2, -0.15) is 0 Å². The molecule has 1 aromatic rings. The zero-order valence-electron chi connectivity index (χ0n) is 12.0. The Labute approximate surface area is 131 Å². The van der Waals surface area contributed by atoms with Crippen molar-refractivity contribution in [1.82, 2.24) is 0 Å². The Morgan fingerprint density at radius 1 is 1.11 bits per heavy atom. The topological polar surface area (TPSA) is 0 Å². The van der Waals surface area contributed by atoms with Crippen molar-refractivity contribution in [3.05, 3.63) is 61.5 Å². The summed E-state index contributed by atoms with van der Waals surface area (Å²) in [6.45, 7) is 9.34. The molecule has 0 radical (unpaired) electrons. The van der Waals surface area contributed by atoms with Gasteiger partial charge in [-0.25, -0.2) is 0 Å². The predicted octanol–water partition coefficient (Wildman–Crippen LogP) is 4.97. The van der Waals surface area contributed by atoms with Crippen LogP contribution in [0.15, 0.2) is 50.3 Å². The molecule has 1 heteroatoms. The fourth-order valence-corrected chi connectivity index (χ4v) is 4.58. The summed E-state index contributed by atoms with van der Waals surface area (Å²) in [5, 5.41) is 0. The molecule has 0 aliphatic heterocycles. The quantitative estimate of drug-likeness (QED) is 0.683. The molecule has 0 N–H and O–H groups in total. The first-order chi connectivity index (χ1) is 8.94. The number of rotatable bonds is 1. The number of benzene rings is 1. The molecule has 2 aliphatic rings. The van der Waals surface area contributed by atoms with Gasteiger partial charge in [0.15, 0.2) is 0 Å². The summed E-state index contributed by atoms with van der Waals surface area (Å²) >= 11 is 1.56.